The van der Waals surface area contributed by atoms with Crippen LogP contribution in [0.15, 0.2) is 18.2 Å². The van der Waals surface area contributed by atoms with Crippen molar-refractivity contribution in [1.82, 2.24) is 0 Å². The van der Waals surface area contributed by atoms with Gasteiger partial charge in [-0.2, -0.15) is 5.26 Å². The van der Waals surface area contributed by atoms with Gasteiger partial charge >= 0.3 is 0 Å². The normalized spacial score (nSPS) is 28.6. The van der Waals surface area contributed by atoms with E-state index in [0.717, 1.165) is 37.2 Å². The quantitative estimate of drug-likeness (QED) is 0.575. The fourth-order valence-electron chi connectivity index (χ4n) is 5.27. The Kier molecular flexibility index (Phi) is 4.42. The molecule has 2 aromatic rings. The third kappa shape index (κ3) is 2.88. The molecule has 26 heavy (non-hydrogen) atoms. The fraction of sp³-hybridized carbons (Fsp3) is 0.500. The van der Waals surface area contributed by atoms with Crippen molar-refractivity contribution in [3.63, 3.8) is 0 Å². The van der Waals surface area contributed by atoms with Gasteiger partial charge in [0, 0.05) is 6.07 Å². The van der Waals surface area contributed by atoms with Crippen LogP contribution in [0.5, 0.6) is 0 Å². The van der Waals surface area contributed by atoms with Gasteiger partial charge in [0.2, 0.25) is 0 Å². The Bertz CT molecular complexity index is 899. The first-order valence-electron chi connectivity index (χ1n) is 9.49. The second-order valence-corrected chi connectivity index (χ2v) is 8.20. The van der Waals surface area contributed by atoms with Crippen LogP contribution >= 0.6 is 0 Å². The van der Waals surface area contributed by atoms with E-state index in [9.17, 15) is 18.4 Å². The first-order valence-corrected chi connectivity index (χ1v) is 9.49. The highest BCUT2D eigenvalue weighted by Crippen LogP contribution is 2.48. The molecule has 2 aliphatic rings. The van der Waals surface area contributed by atoms with Crippen molar-refractivity contribution in [2.45, 2.75) is 51.4 Å². The molecule has 0 N–H and O–H groups in total. The monoisotopic (exact) mass is 357 g/mol. The van der Waals surface area contributed by atoms with Crippen LogP contribution < -0.4 is 0 Å². The summed E-state index contributed by atoms with van der Waals surface area (Å²) in [6, 6.07) is 5.40. The van der Waals surface area contributed by atoms with Crippen LogP contribution in [0.2, 0.25) is 0 Å². The number of fused-ring (bicyclic) bond motifs is 2. The molecule has 2 unspecified atom stereocenters. The zero-order chi connectivity index (χ0) is 18.4. The third-order valence-electron chi connectivity index (χ3n) is 6.55. The maximum atomic E-state index is 14.9. The number of nitrogens with zero attached hydrogens (tertiary/aromatic N) is 1. The van der Waals surface area contributed by atoms with Crippen molar-refractivity contribution in [3.05, 3.63) is 46.8 Å². The predicted octanol–water partition coefficient (Wildman–Crippen LogP) is 6.45. The van der Waals surface area contributed by atoms with Gasteiger partial charge in [0.25, 0.3) is 0 Å². The van der Waals surface area contributed by atoms with E-state index in [0.29, 0.717) is 17.5 Å². The molecule has 2 saturated carbocycles. The number of halogens is 3. The fourth-order valence-corrected chi connectivity index (χ4v) is 5.27. The molecule has 2 aliphatic carbocycles. The van der Waals surface area contributed by atoms with Crippen molar-refractivity contribution < 1.29 is 13.2 Å². The summed E-state index contributed by atoms with van der Waals surface area (Å²) in [6.45, 7) is 2.30. The van der Waals surface area contributed by atoms with Crippen molar-refractivity contribution in [2.75, 3.05) is 0 Å². The molecule has 0 aliphatic heterocycles. The Morgan fingerprint density at radius 2 is 1.69 bits per heavy atom. The van der Waals surface area contributed by atoms with Crippen molar-refractivity contribution in [3.8, 4) is 6.07 Å². The highest BCUT2D eigenvalue weighted by atomic mass is 19.1. The summed E-state index contributed by atoms with van der Waals surface area (Å²) in [5.41, 5.74) is 0.551. The van der Waals surface area contributed by atoms with Gasteiger partial charge in [0.1, 0.15) is 17.7 Å². The average molecular weight is 357 g/mol. The maximum Gasteiger partial charge on any atom is 0.152 e. The molecule has 0 aromatic heterocycles. The Hall–Kier alpha value is -2.02. The van der Waals surface area contributed by atoms with E-state index in [1.165, 1.54) is 19.3 Å². The lowest BCUT2D eigenvalue weighted by molar-refractivity contribution is 0.124. The lowest BCUT2D eigenvalue weighted by Gasteiger charge is -2.41. The van der Waals surface area contributed by atoms with Crippen molar-refractivity contribution in [2.24, 2.45) is 17.8 Å². The third-order valence-corrected chi connectivity index (χ3v) is 6.55. The summed E-state index contributed by atoms with van der Waals surface area (Å²) in [5, 5.41) is 9.43. The van der Waals surface area contributed by atoms with E-state index in [1.807, 2.05) is 6.07 Å². The molecule has 0 heterocycles. The molecule has 0 saturated heterocycles. The zero-order valence-electron chi connectivity index (χ0n) is 14.9. The minimum atomic E-state index is -0.953. The summed E-state index contributed by atoms with van der Waals surface area (Å²) in [6.07, 6.45) is 6.60. The summed E-state index contributed by atoms with van der Waals surface area (Å²) in [4.78, 5) is 0. The van der Waals surface area contributed by atoms with E-state index in [-0.39, 0.29) is 22.3 Å². The Balaban J connectivity index is 1.76. The van der Waals surface area contributed by atoms with E-state index in [4.69, 9.17) is 0 Å². The minimum Gasteiger partial charge on any atom is -0.207 e. The maximum absolute atomic E-state index is 14.9. The van der Waals surface area contributed by atoms with Crippen LogP contribution in [-0.4, -0.2) is 0 Å². The molecule has 2 fully saturated rings. The molecule has 0 radical (unpaired) electrons. The number of nitriles is 1. The molecule has 4 heteroatoms. The first kappa shape index (κ1) is 17.4. The second kappa shape index (κ2) is 6.61. The topological polar surface area (TPSA) is 23.8 Å². The standard InChI is InChI=1S/C22H22F3N/c1-12-2-3-14-7-15(5-4-13(14)6-12)18-9-16-8-17(23)10-20(24)21(16)22(25)19(18)11-26/h8-10,12-15H,2-7H2,1H3/t12-,13?,14-,15?/m1/s1. The van der Waals surface area contributed by atoms with Crippen molar-refractivity contribution >= 4 is 10.8 Å². The lowest BCUT2D eigenvalue weighted by Crippen LogP contribution is -2.30. The zero-order valence-corrected chi connectivity index (χ0v) is 14.9. The van der Waals surface area contributed by atoms with Gasteiger partial charge in [-0.15, -0.1) is 0 Å². The highest BCUT2D eigenvalue weighted by molar-refractivity contribution is 5.86. The predicted molar refractivity (Wildman–Crippen MR) is 95.1 cm³/mol. The molecular weight excluding hydrogens is 335 g/mol. The van der Waals surface area contributed by atoms with E-state index >= 15 is 0 Å². The van der Waals surface area contributed by atoms with E-state index in [1.54, 1.807) is 6.07 Å². The first-order chi connectivity index (χ1) is 12.5. The van der Waals surface area contributed by atoms with Crippen LogP contribution in [0.3, 0.4) is 0 Å². The SMILES string of the molecule is C[C@@H]1CC[C@@H]2CC(c3cc4cc(F)cc(F)c4c(F)c3C#N)CCC2C1. The summed E-state index contributed by atoms with van der Waals surface area (Å²) >= 11 is 0. The largest absolute Gasteiger partial charge is 0.207 e. The summed E-state index contributed by atoms with van der Waals surface area (Å²) in [5.74, 6) is -0.339. The van der Waals surface area contributed by atoms with Gasteiger partial charge in [-0.25, -0.2) is 13.2 Å². The van der Waals surface area contributed by atoms with Gasteiger partial charge in [-0.3, -0.25) is 0 Å². The van der Waals surface area contributed by atoms with Gasteiger partial charge in [0.15, 0.2) is 5.82 Å². The molecule has 4 rings (SSSR count). The number of rotatable bonds is 1. The molecule has 0 spiro atoms. The Morgan fingerprint density at radius 3 is 2.46 bits per heavy atom. The summed E-state index contributed by atoms with van der Waals surface area (Å²) < 4.78 is 42.6. The van der Waals surface area contributed by atoms with E-state index in [2.05, 4.69) is 6.92 Å². The summed E-state index contributed by atoms with van der Waals surface area (Å²) in [7, 11) is 0. The molecular formula is C22H22F3N. The minimum absolute atomic E-state index is 0.0735. The van der Waals surface area contributed by atoms with Gasteiger partial charge in [0.05, 0.1) is 10.9 Å². The van der Waals surface area contributed by atoms with Crippen molar-refractivity contribution in [1.29, 1.82) is 5.26 Å². The molecule has 0 bridgehead atoms. The van der Waals surface area contributed by atoms with Gasteiger partial charge in [-0.05, 0) is 78.9 Å². The van der Waals surface area contributed by atoms with Crippen LogP contribution in [-0.2, 0) is 0 Å². The molecule has 4 atom stereocenters. The second-order valence-electron chi connectivity index (χ2n) is 8.20. The van der Waals surface area contributed by atoms with Crippen LogP contribution in [0.25, 0.3) is 10.8 Å². The Labute approximate surface area is 151 Å². The molecule has 0 amide bonds. The van der Waals surface area contributed by atoms with Crippen LogP contribution in [0.1, 0.15) is 62.5 Å². The lowest BCUT2D eigenvalue weighted by atomic mass is 9.64. The number of hydrogen-bond acceptors (Lipinski definition) is 1. The highest BCUT2D eigenvalue weighted by Gasteiger charge is 2.36. The molecule has 1 nitrogen and oxygen atoms in total. The van der Waals surface area contributed by atoms with Gasteiger partial charge < -0.3 is 0 Å². The number of hydrogen-bond donors (Lipinski definition) is 0. The number of benzene rings is 2. The van der Waals surface area contributed by atoms with Gasteiger partial charge in [-0.1, -0.05) is 13.3 Å². The van der Waals surface area contributed by atoms with Crippen LogP contribution in [0, 0.1) is 46.5 Å². The molecule has 2 aromatic carbocycles. The van der Waals surface area contributed by atoms with E-state index < -0.39 is 17.5 Å². The Morgan fingerprint density at radius 1 is 0.962 bits per heavy atom. The smallest absolute Gasteiger partial charge is 0.152 e. The van der Waals surface area contributed by atoms with Crippen LogP contribution in [0.4, 0.5) is 13.2 Å². The molecule has 136 valence electrons. The average Bonchev–Trinajstić information content (AvgIpc) is 2.60.